The number of H-pyrrole nitrogens is 1. The average molecular weight is 601 g/mol. The summed E-state index contributed by atoms with van der Waals surface area (Å²) in [6, 6.07) is 16.3. The second-order valence-electron chi connectivity index (χ2n) is 8.01. The van der Waals surface area contributed by atoms with Gasteiger partial charge in [-0.2, -0.15) is 0 Å². The van der Waals surface area contributed by atoms with Crippen molar-refractivity contribution in [3.63, 3.8) is 0 Å². The minimum atomic E-state index is -0.886. The van der Waals surface area contributed by atoms with Gasteiger partial charge in [0, 0.05) is 22.5 Å². The van der Waals surface area contributed by atoms with Crippen molar-refractivity contribution in [1.82, 2.24) is 4.98 Å². The van der Waals surface area contributed by atoms with Gasteiger partial charge in [-0.3, -0.25) is 9.59 Å². The van der Waals surface area contributed by atoms with Crippen molar-refractivity contribution in [3.05, 3.63) is 97.1 Å². The van der Waals surface area contributed by atoms with Gasteiger partial charge in [0.25, 0.3) is 11.5 Å². The Kier molecular flexibility index (Phi) is 7.25. The zero-order valence-corrected chi connectivity index (χ0v) is 21.4. The van der Waals surface area contributed by atoms with E-state index < -0.39 is 34.6 Å². The number of nitrogens with one attached hydrogen (secondary N) is 2. The van der Waals surface area contributed by atoms with Gasteiger partial charge in [-0.1, -0.05) is 30.3 Å². The number of aromatic nitrogens is 1. The van der Waals surface area contributed by atoms with Crippen LogP contribution in [0.4, 0.5) is 15.8 Å². The molecular formula is C26H21FIN3O5. The van der Waals surface area contributed by atoms with Crippen LogP contribution in [0.1, 0.15) is 26.3 Å². The van der Waals surface area contributed by atoms with Crippen molar-refractivity contribution in [2.45, 2.75) is 6.54 Å². The van der Waals surface area contributed by atoms with Crippen molar-refractivity contribution >= 4 is 56.7 Å². The highest BCUT2D eigenvalue weighted by Crippen LogP contribution is 2.33. The van der Waals surface area contributed by atoms with Gasteiger partial charge in [0.15, 0.2) is 0 Å². The van der Waals surface area contributed by atoms with E-state index in [0.29, 0.717) is 21.5 Å². The number of nitrogens with zero attached hydrogens (tertiary/aromatic N) is 1. The molecular weight excluding hydrogens is 580 g/mol. The van der Waals surface area contributed by atoms with Crippen LogP contribution in [-0.2, 0) is 11.3 Å². The Hall–Kier alpha value is -3.93. The number of aromatic amines is 1. The van der Waals surface area contributed by atoms with Gasteiger partial charge in [-0.15, -0.1) is 0 Å². The normalized spacial score (nSPS) is 10.8. The lowest BCUT2D eigenvalue weighted by Crippen LogP contribution is -2.25. The molecule has 0 radical (unpaired) electrons. The number of hydrogen-bond acceptors (Lipinski definition) is 6. The number of pyridine rings is 1. The predicted octanol–water partition coefficient (Wildman–Crippen LogP) is 4.65. The average Bonchev–Trinajstić information content (AvgIpc) is 2.85. The van der Waals surface area contributed by atoms with Gasteiger partial charge in [0.2, 0.25) is 0 Å². The van der Waals surface area contributed by atoms with E-state index in [9.17, 15) is 23.9 Å². The fraction of sp³-hybridized carbons (Fsp3) is 0.115. The van der Waals surface area contributed by atoms with Gasteiger partial charge in [0.05, 0.1) is 29.6 Å². The predicted molar refractivity (Wildman–Crippen MR) is 143 cm³/mol. The second kappa shape index (κ2) is 10.4. The highest BCUT2D eigenvalue weighted by atomic mass is 127. The first-order chi connectivity index (χ1) is 17.2. The molecule has 0 aliphatic carbocycles. The molecule has 184 valence electrons. The van der Waals surface area contributed by atoms with E-state index in [-0.39, 0.29) is 16.5 Å². The van der Waals surface area contributed by atoms with E-state index in [2.05, 4.69) is 15.0 Å². The number of benzene rings is 3. The maximum atomic E-state index is 14.6. The standard InChI is InChI=1S/C26H21FIN3O5/c1-31(13-14-6-4-3-5-7-14)20-12-16(27)11-17-22(20)30-25(34)21(23(17)32)24(33)29-19-9-8-15(10-18(19)28)26(35)36-2/h3-12H,13H2,1-2H3,(H,29,33)(H2,30,32,34). The molecule has 3 aromatic carbocycles. The number of halogens is 2. The van der Waals surface area contributed by atoms with Crippen molar-refractivity contribution in [2.75, 3.05) is 24.4 Å². The molecule has 1 amide bonds. The van der Waals surface area contributed by atoms with Crippen molar-refractivity contribution in [1.29, 1.82) is 0 Å². The molecule has 10 heteroatoms. The summed E-state index contributed by atoms with van der Waals surface area (Å²) in [5, 5.41) is 13.4. The van der Waals surface area contributed by atoms with Gasteiger partial charge in [0.1, 0.15) is 17.1 Å². The molecule has 8 nitrogen and oxygen atoms in total. The molecule has 0 bridgehead atoms. The fourth-order valence-corrected chi connectivity index (χ4v) is 4.48. The fourth-order valence-electron chi connectivity index (χ4n) is 3.83. The Bertz CT molecular complexity index is 1540. The van der Waals surface area contributed by atoms with E-state index in [4.69, 9.17) is 0 Å². The maximum Gasteiger partial charge on any atom is 0.337 e. The summed E-state index contributed by atoms with van der Waals surface area (Å²) < 4.78 is 19.8. The lowest BCUT2D eigenvalue weighted by molar-refractivity contribution is 0.0600. The van der Waals surface area contributed by atoms with Crippen LogP contribution < -0.4 is 15.8 Å². The molecule has 4 aromatic rings. The Labute approximate surface area is 218 Å². The number of hydrogen-bond donors (Lipinski definition) is 3. The Morgan fingerprint density at radius 3 is 2.53 bits per heavy atom. The van der Waals surface area contributed by atoms with E-state index in [0.717, 1.165) is 11.6 Å². The topological polar surface area (TPSA) is 112 Å². The SMILES string of the molecule is COC(=O)c1ccc(NC(=O)c2c(O)c3cc(F)cc(N(C)Cc4ccccc4)c3[nH]c2=O)c(I)c1. The molecule has 1 aromatic heterocycles. The summed E-state index contributed by atoms with van der Waals surface area (Å²) in [6.45, 7) is 0.421. The summed E-state index contributed by atoms with van der Waals surface area (Å²) in [6.07, 6.45) is 0. The number of aromatic hydroxyl groups is 1. The molecule has 0 spiro atoms. The third kappa shape index (κ3) is 5.03. The van der Waals surface area contributed by atoms with Crippen LogP contribution in [0.5, 0.6) is 5.75 Å². The van der Waals surface area contributed by atoms with Crippen molar-refractivity contribution < 1.29 is 23.8 Å². The first-order valence-electron chi connectivity index (χ1n) is 10.7. The van der Waals surface area contributed by atoms with E-state index >= 15 is 0 Å². The second-order valence-corrected chi connectivity index (χ2v) is 9.17. The number of amides is 1. The molecule has 4 rings (SSSR count). The van der Waals surface area contributed by atoms with Crippen molar-refractivity contribution in [2.24, 2.45) is 0 Å². The smallest absolute Gasteiger partial charge is 0.337 e. The minimum absolute atomic E-state index is 0.00889. The van der Waals surface area contributed by atoms with Crippen molar-refractivity contribution in [3.8, 4) is 5.75 Å². The Morgan fingerprint density at radius 2 is 1.86 bits per heavy atom. The Balaban J connectivity index is 1.72. The lowest BCUT2D eigenvalue weighted by Gasteiger charge is -2.22. The number of fused-ring (bicyclic) bond motifs is 1. The quantitative estimate of drug-likeness (QED) is 0.219. The lowest BCUT2D eigenvalue weighted by atomic mass is 10.1. The minimum Gasteiger partial charge on any atom is -0.506 e. The largest absolute Gasteiger partial charge is 0.506 e. The number of anilines is 2. The number of rotatable bonds is 6. The summed E-state index contributed by atoms with van der Waals surface area (Å²) in [4.78, 5) is 42.0. The number of esters is 1. The highest BCUT2D eigenvalue weighted by molar-refractivity contribution is 14.1. The molecule has 0 atom stereocenters. The van der Waals surface area contributed by atoms with Gasteiger partial charge < -0.3 is 25.0 Å². The van der Waals surface area contributed by atoms with Gasteiger partial charge in [-0.25, -0.2) is 9.18 Å². The molecule has 1 heterocycles. The molecule has 0 aliphatic rings. The molecule has 0 aliphatic heterocycles. The van der Waals surface area contributed by atoms with Crippen LogP contribution in [0, 0.1) is 9.39 Å². The van der Waals surface area contributed by atoms with Crippen LogP contribution >= 0.6 is 22.6 Å². The molecule has 0 unspecified atom stereocenters. The first-order valence-corrected chi connectivity index (χ1v) is 11.8. The monoisotopic (exact) mass is 601 g/mol. The number of carbonyl (C=O) groups is 2. The summed E-state index contributed by atoms with van der Waals surface area (Å²) in [7, 11) is 2.99. The number of methoxy groups -OCH3 is 1. The van der Waals surface area contributed by atoms with Crippen LogP contribution in [0.3, 0.4) is 0 Å². The number of carbonyl (C=O) groups excluding carboxylic acids is 2. The van der Waals surface area contributed by atoms with E-state index in [1.165, 1.54) is 31.4 Å². The zero-order chi connectivity index (χ0) is 26.0. The molecule has 36 heavy (non-hydrogen) atoms. The molecule has 0 saturated carbocycles. The zero-order valence-electron chi connectivity index (χ0n) is 19.3. The maximum absolute atomic E-state index is 14.6. The third-order valence-electron chi connectivity index (χ3n) is 5.58. The number of ether oxygens (including phenoxy) is 1. The van der Waals surface area contributed by atoms with Crippen LogP contribution in [-0.4, -0.2) is 36.1 Å². The summed E-state index contributed by atoms with van der Waals surface area (Å²) >= 11 is 1.92. The van der Waals surface area contributed by atoms with Gasteiger partial charge >= 0.3 is 5.97 Å². The third-order valence-corrected chi connectivity index (χ3v) is 6.47. The highest BCUT2D eigenvalue weighted by Gasteiger charge is 2.23. The molecule has 0 saturated heterocycles. The molecule has 3 N–H and O–H groups in total. The first kappa shape index (κ1) is 25.2. The van der Waals surface area contributed by atoms with Crippen LogP contribution in [0.15, 0.2) is 65.5 Å². The summed E-state index contributed by atoms with van der Waals surface area (Å²) in [5.74, 6) is -2.70. The van der Waals surface area contributed by atoms with E-state index in [1.807, 2.05) is 52.9 Å². The Morgan fingerprint density at radius 1 is 1.14 bits per heavy atom. The molecule has 0 fully saturated rings. The van der Waals surface area contributed by atoms with E-state index in [1.54, 1.807) is 11.9 Å². The van der Waals surface area contributed by atoms with Gasteiger partial charge in [-0.05, 0) is 58.5 Å². The van der Waals surface area contributed by atoms with Crippen LogP contribution in [0.25, 0.3) is 10.9 Å². The van der Waals surface area contributed by atoms with Crippen LogP contribution in [0.2, 0.25) is 0 Å². The summed E-state index contributed by atoms with van der Waals surface area (Å²) in [5.41, 5.74) is 0.723.